The number of benzene rings is 1. The lowest BCUT2D eigenvalue weighted by molar-refractivity contribution is 0.822. The molecule has 4 aromatic rings. The van der Waals surface area contributed by atoms with Crippen LogP contribution in [0.3, 0.4) is 0 Å². The average molecular weight is 487 g/mol. The van der Waals surface area contributed by atoms with E-state index in [1.165, 1.54) is 6.33 Å². The van der Waals surface area contributed by atoms with Gasteiger partial charge in [0.1, 0.15) is 17.8 Å². The smallest absolute Gasteiger partial charge is 0.180 e. The van der Waals surface area contributed by atoms with Gasteiger partial charge in [0.05, 0.1) is 17.3 Å². The van der Waals surface area contributed by atoms with E-state index in [4.69, 9.17) is 0 Å². The fourth-order valence-corrected chi connectivity index (χ4v) is 4.07. The third-order valence-electron chi connectivity index (χ3n) is 3.92. The summed E-state index contributed by atoms with van der Waals surface area (Å²) in [5.74, 6) is 1.24. The quantitative estimate of drug-likeness (QED) is 0.451. The Labute approximate surface area is 172 Å². The highest BCUT2D eigenvalue weighted by molar-refractivity contribution is 9.11. The first-order valence-corrected chi connectivity index (χ1v) is 9.66. The number of nitrogens with zero attached hydrogens (tertiary/aromatic N) is 6. The van der Waals surface area contributed by atoms with Crippen LogP contribution in [0, 0.1) is 0 Å². The van der Waals surface area contributed by atoms with Crippen molar-refractivity contribution in [1.82, 2.24) is 29.9 Å². The summed E-state index contributed by atoms with van der Waals surface area (Å²) in [6.07, 6.45) is 8.20. The van der Waals surface area contributed by atoms with Crippen LogP contribution in [0.5, 0.6) is 0 Å². The van der Waals surface area contributed by atoms with E-state index < -0.39 is 0 Å². The van der Waals surface area contributed by atoms with Crippen molar-refractivity contribution >= 4 is 48.6 Å². The molecule has 0 amide bonds. The second-order valence-corrected chi connectivity index (χ2v) is 7.50. The number of nitrogens with one attached hydrogen (secondary N) is 1. The average Bonchev–Trinajstić information content (AvgIpc) is 2.69. The van der Waals surface area contributed by atoms with Crippen molar-refractivity contribution in [3.8, 4) is 11.5 Å². The van der Waals surface area contributed by atoms with E-state index in [-0.39, 0.29) is 6.04 Å². The lowest BCUT2D eigenvalue weighted by atomic mass is 10.1. The maximum Gasteiger partial charge on any atom is 0.180 e. The van der Waals surface area contributed by atoms with Gasteiger partial charge in [-0.1, -0.05) is 15.9 Å². The molecule has 0 radical (unpaired) electrons. The second kappa shape index (κ2) is 7.61. The summed E-state index contributed by atoms with van der Waals surface area (Å²) < 4.78 is 1.83. The van der Waals surface area contributed by atoms with Gasteiger partial charge in [-0.05, 0) is 41.1 Å². The summed E-state index contributed by atoms with van der Waals surface area (Å²) in [7, 11) is 0. The molecule has 0 spiro atoms. The zero-order chi connectivity index (χ0) is 18.8. The lowest BCUT2D eigenvalue weighted by Crippen LogP contribution is -2.13. The fraction of sp³-hybridized carbons (Fsp3) is 0.111. The molecular formula is C18H13Br2N7. The highest BCUT2D eigenvalue weighted by Gasteiger charge is 2.18. The van der Waals surface area contributed by atoms with Gasteiger partial charge in [0.2, 0.25) is 0 Å². The number of anilines is 1. The first-order valence-electron chi connectivity index (χ1n) is 8.08. The minimum atomic E-state index is -0.173. The van der Waals surface area contributed by atoms with Gasteiger partial charge in [0.25, 0.3) is 0 Å². The third-order valence-corrected chi connectivity index (χ3v) is 4.99. The number of fused-ring (bicyclic) bond motifs is 1. The molecule has 7 nitrogen and oxygen atoms in total. The van der Waals surface area contributed by atoms with Crippen LogP contribution < -0.4 is 5.32 Å². The van der Waals surface area contributed by atoms with E-state index in [1.807, 2.05) is 19.1 Å². The first kappa shape index (κ1) is 17.9. The zero-order valence-electron chi connectivity index (χ0n) is 14.1. The molecule has 0 aliphatic rings. The largest absolute Gasteiger partial charge is 0.361 e. The molecule has 134 valence electrons. The Morgan fingerprint density at radius 3 is 2.48 bits per heavy atom. The van der Waals surface area contributed by atoms with Gasteiger partial charge in [-0.2, -0.15) is 0 Å². The van der Waals surface area contributed by atoms with Gasteiger partial charge >= 0.3 is 0 Å². The van der Waals surface area contributed by atoms with E-state index in [0.717, 1.165) is 25.5 Å². The van der Waals surface area contributed by atoms with Crippen molar-refractivity contribution in [2.75, 3.05) is 5.32 Å². The molecule has 1 N–H and O–H groups in total. The van der Waals surface area contributed by atoms with Gasteiger partial charge in [-0.15, -0.1) is 0 Å². The van der Waals surface area contributed by atoms with Crippen molar-refractivity contribution < 1.29 is 0 Å². The molecule has 0 saturated carbocycles. The summed E-state index contributed by atoms with van der Waals surface area (Å²) in [6.45, 7) is 2.00. The number of halogens is 2. The van der Waals surface area contributed by atoms with Crippen molar-refractivity contribution in [2.24, 2.45) is 0 Å². The van der Waals surface area contributed by atoms with Crippen molar-refractivity contribution in [2.45, 2.75) is 13.0 Å². The standard InChI is InChI=1S/C18H13Br2N7/c1-10(14-16(22-6-5-21-14)18-23-3-2-4-24-18)27-17-12-7-11(19)8-13(20)15(12)25-9-26-17/h2-10H,1H3,(H,25,26,27). The Balaban J connectivity index is 1.74. The van der Waals surface area contributed by atoms with E-state index in [2.05, 4.69) is 67.1 Å². The Hall–Kier alpha value is -2.52. The van der Waals surface area contributed by atoms with Crippen LogP contribution in [0.25, 0.3) is 22.4 Å². The molecule has 27 heavy (non-hydrogen) atoms. The molecular weight excluding hydrogens is 474 g/mol. The van der Waals surface area contributed by atoms with Crippen LogP contribution in [0.2, 0.25) is 0 Å². The van der Waals surface area contributed by atoms with Crippen molar-refractivity contribution in [1.29, 1.82) is 0 Å². The minimum absolute atomic E-state index is 0.173. The van der Waals surface area contributed by atoms with E-state index in [0.29, 0.717) is 17.3 Å². The van der Waals surface area contributed by atoms with Crippen LogP contribution in [0.15, 0.2) is 58.3 Å². The summed E-state index contributed by atoms with van der Waals surface area (Å²) in [6, 6.07) is 5.53. The normalized spacial score (nSPS) is 12.1. The molecule has 3 heterocycles. The molecule has 1 aromatic carbocycles. The molecule has 0 fully saturated rings. The SMILES string of the molecule is CC(Nc1ncnc2c(Br)cc(Br)cc12)c1nccnc1-c1ncccn1. The summed E-state index contributed by atoms with van der Waals surface area (Å²) in [5.41, 5.74) is 2.21. The molecule has 9 heteroatoms. The van der Waals surface area contributed by atoms with E-state index in [1.54, 1.807) is 30.9 Å². The maximum absolute atomic E-state index is 4.50. The van der Waals surface area contributed by atoms with Crippen LogP contribution in [-0.4, -0.2) is 29.9 Å². The van der Waals surface area contributed by atoms with E-state index >= 15 is 0 Å². The van der Waals surface area contributed by atoms with Crippen LogP contribution in [0.1, 0.15) is 18.7 Å². The Kier molecular flexibility index (Phi) is 5.04. The van der Waals surface area contributed by atoms with Gasteiger partial charge in [-0.25, -0.2) is 24.9 Å². The second-order valence-electron chi connectivity index (χ2n) is 5.73. The number of hydrogen-bond acceptors (Lipinski definition) is 7. The van der Waals surface area contributed by atoms with Gasteiger partial charge < -0.3 is 5.32 Å². The summed E-state index contributed by atoms with van der Waals surface area (Å²) in [4.78, 5) is 26.3. The van der Waals surface area contributed by atoms with Crippen LogP contribution in [-0.2, 0) is 0 Å². The van der Waals surface area contributed by atoms with Gasteiger partial charge in [0.15, 0.2) is 5.82 Å². The van der Waals surface area contributed by atoms with Gasteiger partial charge in [-0.3, -0.25) is 4.98 Å². The Bertz CT molecular complexity index is 1110. The predicted octanol–water partition coefficient (Wildman–Crippen LogP) is 4.57. The number of rotatable bonds is 4. The Morgan fingerprint density at radius 1 is 0.889 bits per heavy atom. The molecule has 1 unspecified atom stereocenters. The molecule has 3 aromatic heterocycles. The number of aromatic nitrogens is 6. The topological polar surface area (TPSA) is 89.4 Å². The van der Waals surface area contributed by atoms with Crippen LogP contribution >= 0.6 is 31.9 Å². The van der Waals surface area contributed by atoms with E-state index in [9.17, 15) is 0 Å². The molecule has 0 aliphatic heterocycles. The zero-order valence-corrected chi connectivity index (χ0v) is 17.3. The lowest BCUT2D eigenvalue weighted by Gasteiger charge is -2.17. The maximum atomic E-state index is 4.50. The molecule has 4 rings (SSSR count). The summed E-state index contributed by atoms with van der Waals surface area (Å²) in [5, 5.41) is 4.31. The Morgan fingerprint density at radius 2 is 1.67 bits per heavy atom. The third kappa shape index (κ3) is 3.65. The highest BCUT2D eigenvalue weighted by atomic mass is 79.9. The van der Waals surface area contributed by atoms with Crippen molar-refractivity contribution in [3.63, 3.8) is 0 Å². The summed E-state index contributed by atoms with van der Waals surface area (Å²) >= 11 is 7.07. The molecule has 0 aliphatic carbocycles. The highest BCUT2D eigenvalue weighted by Crippen LogP contribution is 2.32. The van der Waals surface area contributed by atoms with Crippen LogP contribution in [0.4, 0.5) is 5.82 Å². The minimum Gasteiger partial charge on any atom is -0.361 e. The number of hydrogen-bond donors (Lipinski definition) is 1. The molecule has 1 atom stereocenters. The van der Waals surface area contributed by atoms with Gasteiger partial charge in [0, 0.05) is 39.1 Å². The fourth-order valence-electron chi connectivity index (χ4n) is 2.74. The molecule has 0 bridgehead atoms. The predicted molar refractivity (Wildman–Crippen MR) is 110 cm³/mol. The first-order chi connectivity index (χ1) is 13.1. The molecule has 0 saturated heterocycles. The van der Waals surface area contributed by atoms with Crippen molar-refractivity contribution in [3.05, 3.63) is 64.0 Å². The monoisotopic (exact) mass is 485 g/mol.